The summed E-state index contributed by atoms with van der Waals surface area (Å²) < 4.78 is 5.41. The lowest BCUT2D eigenvalue weighted by atomic mass is 9.86. The van der Waals surface area contributed by atoms with E-state index in [0.717, 1.165) is 19.3 Å². The van der Waals surface area contributed by atoms with Crippen molar-refractivity contribution < 1.29 is 9.53 Å². The number of carbonyl (C=O) groups excluding carboxylic acids is 1. The SMILES string of the molecule is CCC(C)=CC(C)(CC)COC(=O)C(C)CC. The van der Waals surface area contributed by atoms with Gasteiger partial charge < -0.3 is 4.74 Å². The zero-order valence-electron chi connectivity index (χ0n) is 12.3. The van der Waals surface area contributed by atoms with Crippen LogP contribution >= 0.6 is 0 Å². The van der Waals surface area contributed by atoms with Gasteiger partial charge in [0.25, 0.3) is 0 Å². The summed E-state index contributed by atoms with van der Waals surface area (Å²) in [6, 6.07) is 0. The van der Waals surface area contributed by atoms with Crippen molar-refractivity contribution in [1.82, 2.24) is 0 Å². The highest BCUT2D eigenvalue weighted by Gasteiger charge is 2.23. The van der Waals surface area contributed by atoms with Gasteiger partial charge in [0.15, 0.2) is 0 Å². The van der Waals surface area contributed by atoms with E-state index in [2.05, 4.69) is 33.8 Å². The molecular weight excluding hydrogens is 212 g/mol. The molecule has 100 valence electrons. The van der Waals surface area contributed by atoms with E-state index < -0.39 is 0 Å². The molecule has 0 aliphatic carbocycles. The van der Waals surface area contributed by atoms with E-state index in [9.17, 15) is 4.79 Å². The van der Waals surface area contributed by atoms with Crippen LogP contribution in [0.15, 0.2) is 11.6 Å². The molecular formula is C15H28O2. The Morgan fingerprint density at radius 1 is 1.35 bits per heavy atom. The third-order valence-corrected chi connectivity index (χ3v) is 3.52. The van der Waals surface area contributed by atoms with Gasteiger partial charge in [-0.1, -0.05) is 46.3 Å². The third kappa shape index (κ3) is 5.90. The lowest BCUT2D eigenvalue weighted by Gasteiger charge is -2.25. The Hall–Kier alpha value is -0.790. The van der Waals surface area contributed by atoms with Crippen LogP contribution in [0.5, 0.6) is 0 Å². The van der Waals surface area contributed by atoms with Gasteiger partial charge in [0, 0.05) is 5.41 Å². The summed E-state index contributed by atoms with van der Waals surface area (Å²) in [5, 5.41) is 0. The van der Waals surface area contributed by atoms with Crippen molar-refractivity contribution in [2.24, 2.45) is 11.3 Å². The van der Waals surface area contributed by atoms with E-state index in [0.29, 0.717) is 6.61 Å². The van der Waals surface area contributed by atoms with Gasteiger partial charge in [-0.05, 0) is 26.2 Å². The standard InChI is InChI=1S/C15H28O2/c1-7-12(4)10-15(6,9-3)11-17-14(16)13(5)8-2/h10,13H,7-9,11H2,1-6H3. The first-order valence-corrected chi connectivity index (χ1v) is 6.73. The fraction of sp³-hybridized carbons (Fsp3) is 0.800. The minimum absolute atomic E-state index is 0.00681. The van der Waals surface area contributed by atoms with E-state index in [1.807, 2.05) is 13.8 Å². The van der Waals surface area contributed by atoms with E-state index in [1.165, 1.54) is 5.57 Å². The molecule has 0 heterocycles. The molecule has 0 saturated heterocycles. The second kappa shape index (κ2) is 7.52. The van der Waals surface area contributed by atoms with Crippen LogP contribution < -0.4 is 0 Å². The van der Waals surface area contributed by atoms with Crippen molar-refractivity contribution in [1.29, 1.82) is 0 Å². The van der Waals surface area contributed by atoms with Crippen molar-refractivity contribution in [2.75, 3.05) is 6.61 Å². The van der Waals surface area contributed by atoms with Crippen LogP contribution in [0.3, 0.4) is 0 Å². The van der Waals surface area contributed by atoms with Crippen molar-refractivity contribution >= 4 is 5.97 Å². The molecule has 0 N–H and O–H groups in total. The van der Waals surface area contributed by atoms with Crippen molar-refractivity contribution in [3.63, 3.8) is 0 Å². The maximum atomic E-state index is 11.6. The van der Waals surface area contributed by atoms with Crippen LogP contribution in [-0.2, 0) is 9.53 Å². The first kappa shape index (κ1) is 16.2. The van der Waals surface area contributed by atoms with Gasteiger partial charge in [0.1, 0.15) is 6.61 Å². The normalized spacial score (nSPS) is 17.4. The van der Waals surface area contributed by atoms with E-state index in [-0.39, 0.29) is 17.3 Å². The summed E-state index contributed by atoms with van der Waals surface area (Å²) in [5.74, 6) is -0.0675. The minimum Gasteiger partial charge on any atom is -0.465 e. The minimum atomic E-state index is -0.0743. The smallest absolute Gasteiger partial charge is 0.308 e. The molecule has 2 atom stereocenters. The van der Waals surface area contributed by atoms with E-state index >= 15 is 0 Å². The molecule has 2 nitrogen and oxygen atoms in total. The van der Waals surface area contributed by atoms with Crippen LogP contribution in [-0.4, -0.2) is 12.6 Å². The average Bonchev–Trinajstić information content (AvgIpc) is 2.34. The second-order valence-corrected chi connectivity index (χ2v) is 5.27. The number of esters is 1. The zero-order valence-corrected chi connectivity index (χ0v) is 12.3. The highest BCUT2D eigenvalue weighted by Crippen LogP contribution is 2.26. The Bertz CT molecular complexity index is 268. The van der Waals surface area contributed by atoms with Gasteiger partial charge in [-0.25, -0.2) is 0 Å². The molecule has 0 aromatic rings. The Morgan fingerprint density at radius 2 is 1.94 bits per heavy atom. The molecule has 0 aromatic heterocycles. The number of ether oxygens (including phenoxy) is 1. The number of carbonyl (C=O) groups is 1. The fourth-order valence-electron chi connectivity index (χ4n) is 1.49. The summed E-state index contributed by atoms with van der Waals surface area (Å²) in [4.78, 5) is 11.6. The molecule has 0 rings (SSSR count). The lowest BCUT2D eigenvalue weighted by molar-refractivity contribution is -0.150. The number of hydrogen-bond donors (Lipinski definition) is 0. The Morgan fingerprint density at radius 3 is 2.35 bits per heavy atom. The molecule has 2 unspecified atom stereocenters. The average molecular weight is 240 g/mol. The van der Waals surface area contributed by atoms with Crippen molar-refractivity contribution in [3.05, 3.63) is 11.6 Å². The van der Waals surface area contributed by atoms with Crippen LogP contribution in [0.2, 0.25) is 0 Å². The predicted octanol–water partition coefficient (Wildman–Crippen LogP) is 4.35. The maximum absolute atomic E-state index is 11.6. The van der Waals surface area contributed by atoms with Crippen LogP contribution in [0.1, 0.15) is 60.8 Å². The zero-order chi connectivity index (χ0) is 13.5. The Labute approximate surface area is 106 Å². The first-order chi connectivity index (χ1) is 7.88. The van der Waals surface area contributed by atoms with Gasteiger partial charge >= 0.3 is 5.97 Å². The molecule has 17 heavy (non-hydrogen) atoms. The van der Waals surface area contributed by atoms with Crippen molar-refractivity contribution in [2.45, 2.75) is 60.8 Å². The monoisotopic (exact) mass is 240 g/mol. The Kier molecular flexibility index (Phi) is 7.17. The highest BCUT2D eigenvalue weighted by atomic mass is 16.5. The van der Waals surface area contributed by atoms with Crippen LogP contribution in [0.25, 0.3) is 0 Å². The molecule has 0 spiro atoms. The molecule has 0 fully saturated rings. The van der Waals surface area contributed by atoms with Crippen LogP contribution in [0.4, 0.5) is 0 Å². The number of allylic oxidation sites excluding steroid dienone is 1. The summed E-state index contributed by atoms with van der Waals surface area (Å²) in [6.45, 7) is 13.0. The number of hydrogen-bond acceptors (Lipinski definition) is 2. The molecule has 0 aliphatic rings. The van der Waals surface area contributed by atoms with Crippen molar-refractivity contribution in [3.8, 4) is 0 Å². The topological polar surface area (TPSA) is 26.3 Å². The molecule has 2 heteroatoms. The first-order valence-electron chi connectivity index (χ1n) is 6.73. The molecule has 0 aliphatic heterocycles. The summed E-state index contributed by atoms with van der Waals surface area (Å²) in [5.41, 5.74) is 1.33. The quantitative estimate of drug-likeness (QED) is 0.488. The van der Waals surface area contributed by atoms with Gasteiger partial charge in [0.2, 0.25) is 0 Å². The van der Waals surface area contributed by atoms with E-state index in [1.54, 1.807) is 0 Å². The number of rotatable bonds is 7. The summed E-state index contributed by atoms with van der Waals surface area (Å²) in [6.07, 6.45) is 5.12. The summed E-state index contributed by atoms with van der Waals surface area (Å²) >= 11 is 0. The van der Waals surface area contributed by atoms with Gasteiger partial charge in [0.05, 0.1) is 5.92 Å². The molecule has 0 bridgehead atoms. The maximum Gasteiger partial charge on any atom is 0.308 e. The van der Waals surface area contributed by atoms with Crippen LogP contribution in [0, 0.1) is 11.3 Å². The highest BCUT2D eigenvalue weighted by molar-refractivity contribution is 5.71. The van der Waals surface area contributed by atoms with Gasteiger partial charge in [-0.2, -0.15) is 0 Å². The molecule has 0 saturated carbocycles. The second-order valence-electron chi connectivity index (χ2n) is 5.27. The molecule has 0 radical (unpaired) electrons. The van der Waals surface area contributed by atoms with E-state index in [4.69, 9.17) is 4.74 Å². The molecule has 0 aromatic carbocycles. The largest absolute Gasteiger partial charge is 0.465 e. The molecule has 0 amide bonds. The Balaban J connectivity index is 4.45. The van der Waals surface area contributed by atoms with Gasteiger partial charge in [-0.15, -0.1) is 0 Å². The summed E-state index contributed by atoms with van der Waals surface area (Å²) in [7, 11) is 0. The lowest BCUT2D eigenvalue weighted by Crippen LogP contribution is -2.25. The third-order valence-electron chi connectivity index (χ3n) is 3.52. The fourth-order valence-corrected chi connectivity index (χ4v) is 1.49. The van der Waals surface area contributed by atoms with Gasteiger partial charge in [-0.3, -0.25) is 4.79 Å². The predicted molar refractivity (Wildman–Crippen MR) is 72.9 cm³/mol.